The highest BCUT2D eigenvalue weighted by molar-refractivity contribution is 8.01. The van der Waals surface area contributed by atoms with Crippen molar-refractivity contribution < 1.29 is 34.0 Å². The topological polar surface area (TPSA) is 128 Å². The number of rotatable bonds is 11. The summed E-state index contributed by atoms with van der Waals surface area (Å²) in [5.74, 6) is -2.33. The Hall–Kier alpha value is -2.64. The minimum Gasteiger partial charge on any atom is -0.478 e. The molecule has 9 nitrogen and oxygen atoms in total. The summed E-state index contributed by atoms with van der Waals surface area (Å²) in [4.78, 5) is 51.3. The van der Waals surface area contributed by atoms with Gasteiger partial charge in [-0.25, -0.2) is 14.2 Å². The van der Waals surface area contributed by atoms with E-state index in [1.807, 2.05) is 0 Å². The number of halogens is 2. The van der Waals surface area contributed by atoms with Crippen LogP contribution in [0.25, 0.3) is 0 Å². The van der Waals surface area contributed by atoms with E-state index in [2.05, 4.69) is 11.9 Å². The zero-order chi connectivity index (χ0) is 28.3. The molecule has 14 heteroatoms. The Balaban J connectivity index is 1.36. The molecule has 3 heterocycles. The number of carbonyl (C=O) groups excluding carboxylic acids is 2. The predicted molar refractivity (Wildman–Crippen MR) is 151 cm³/mol. The highest BCUT2D eigenvalue weighted by Crippen LogP contribution is 2.41. The Bertz CT molecular complexity index is 1390. The van der Waals surface area contributed by atoms with E-state index >= 15 is 0 Å². The summed E-state index contributed by atoms with van der Waals surface area (Å²) in [7, 11) is 0. The lowest BCUT2D eigenvalue weighted by molar-refractivity contribution is -0.688. The van der Waals surface area contributed by atoms with Crippen LogP contribution in [0, 0.1) is 0 Å². The number of carbonyl (C=O) groups is 4. The number of nitrogens with one attached hydrogen (secondary N) is 1. The molecule has 4 rings (SSSR count). The van der Waals surface area contributed by atoms with Gasteiger partial charge < -0.3 is 15.5 Å². The molecule has 1 fully saturated rings. The predicted octanol–water partition coefficient (Wildman–Crippen LogP) is 3.54. The number of thioether (sulfide) groups is 3. The molecular formula is C25H22Cl2N3O6S3+. The fraction of sp³-hybridized carbons (Fsp3) is 0.240. The number of fused-ring (bicyclic) bond motifs is 1. The largest absolute Gasteiger partial charge is 0.478 e. The maximum absolute atomic E-state index is 12.9. The Morgan fingerprint density at radius 1 is 1.15 bits per heavy atom. The molecule has 0 aliphatic carbocycles. The number of hydrogen-bond donors (Lipinski definition) is 3. The molecule has 2 amide bonds. The van der Waals surface area contributed by atoms with Gasteiger partial charge in [0.1, 0.15) is 17.1 Å². The van der Waals surface area contributed by atoms with E-state index in [0.717, 1.165) is 4.90 Å². The van der Waals surface area contributed by atoms with E-state index in [4.69, 9.17) is 28.3 Å². The Morgan fingerprint density at radius 3 is 2.54 bits per heavy atom. The number of aliphatic carboxylic acids is 2. The second kappa shape index (κ2) is 12.7. The molecular weight excluding hydrogens is 605 g/mol. The van der Waals surface area contributed by atoms with Crippen LogP contribution in [-0.2, 0) is 25.7 Å². The van der Waals surface area contributed by atoms with Gasteiger partial charge in [0.15, 0.2) is 18.9 Å². The van der Waals surface area contributed by atoms with E-state index in [1.165, 1.54) is 40.2 Å². The van der Waals surface area contributed by atoms with E-state index in [0.29, 0.717) is 32.0 Å². The third kappa shape index (κ3) is 6.93. The van der Waals surface area contributed by atoms with Gasteiger partial charge in [0.05, 0.1) is 16.3 Å². The van der Waals surface area contributed by atoms with Crippen molar-refractivity contribution in [3.8, 4) is 0 Å². The number of hydrogen-bond acceptors (Lipinski definition) is 7. The van der Waals surface area contributed by atoms with Crippen molar-refractivity contribution in [2.75, 3.05) is 17.3 Å². The van der Waals surface area contributed by atoms with Gasteiger partial charge in [-0.3, -0.25) is 14.5 Å². The first-order chi connectivity index (χ1) is 18.5. The molecule has 0 spiro atoms. The number of nitrogens with zero attached hydrogens (tertiary/aromatic N) is 2. The molecule has 2 aliphatic rings. The lowest BCUT2D eigenvalue weighted by atomic mass is 10.0. The number of carboxylic acid groups (broad SMARTS) is 2. The van der Waals surface area contributed by atoms with Gasteiger partial charge in [-0.05, 0) is 23.8 Å². The number of β-lactam (4-membered cyclic amide) rings is 1. The van der Waals surface area contributed by atoms with Gasteiger partial charge >= 0.3 is 11.9 Å². The number of carboxylic acids is 2. The second-order valence-electron chi connectivity index (χ2n) is 8.48. The third-order valence-corrected chi connectivity index (χ3v) is 9.94. The summed E-state index contributed by atoms with van der Waals surface area (Å²) in [6, 6.07) is 7.73. The third-order valence-electron chi connectivity index (χ3n) is 5.77. The molecule has 1 saturated heterocycles. The highest BCUT2D eigenvalue weighted by atomic mass is 35.5. The smallest absolute Gasteiger partial charge is 0.352 e. The molecule has 2 aliphatic heterocycles. The Morgan fingerprint density at radius 2 is 1.87 bits per heavy atom. The number of aromatic nitrogens is 1. The first-order valence-electron chi connectivity index (χ1n) is 11.4. The minimum atomic E-state index is -1.20. The van der Waals surface area contributed by atoms with Gasteiger partial charge in [0.2, 0.25) is 5.91 Å². The molecule has 0 radical (unpaired) electrons. The molecule has 0 saturated carbocycles. The molecule has 0 bridgehead atoms. The summed E-state index contributed by atoms with van der Waals surface area (Å²) in [5.41, 5.74) is 0.614. The van der Waals surface area contributed by atoms with Gasteiger partial charge in [0.25, 0.3) is 5.91 Å². The van der Waals surface area contributed by atoms with Crippen LogP contribution in [0.5, 0.6) is 0 Å². The Labute approximate surface area is 246 Å². The average Bonchev–Trinajstić information content (AvgIpc) is 2.91. The van der Waals surface area contributed by atoms with Crippen LogP contribution in [0.2, 0.25) is 10.0 Å². The van der Waals surface area contributed by atoms with Gasteiger partial charge in [0, 0.05) is 38.5 Å². The molecule has 2 atom stereocenters. The molecule has 1 aromatic carbocycles. The number of benzene rings is 1. The van der Waals surface area contributed by atoms with Crippen molar-refractivity contribution in [1.82, 2.24) is 10.2 Å². The van der Waals surface area contributed by atoms with Crippen LogP contribution in [0.3, 0.4) is 0 Å². The van der Waals surface area contributed by atoms with Gasteiger partial charge in [-0.2, -0.15) is 0 Å². The summed E-state index contributed by atoms with van der Waals surface area (Å²) in [6.45, 7) is 3.66. The fourth-order valence-electron chi connectivity index (χ4n) is 3.84. The molecule has 1 aromatic heterocycles. The molecule has 2 aromatic rings. The summed E-state index contributed by atoms with van der Waals surface area (Å²) in [6.07, 6.45) is 3.44. The molecule has 39 heavy (non-hydrogen) atoms. The van der Waals surface area contributed by atoms with Crippen molar-refractivity contribution in [2.45, 2.75) is 27.8 Å². The number of pyridine rings is 1. The first-order valence-corrected chi connectivity index (χ1v) is 15.1. The zero-order valence-electron chi connectivity index (χ0n) is 20.1. The normalized spacial score (nSPS) is 18.3. The van der Waals surface area contributed by atoms with Crippen LogP contribution >= 0.6 is 58.5 Å². The standard InChI is InChI=1S/C25H21Cl2N3O6S3/c1-13(24(33)34)9-29-6-4-16(5-7-29)37-10-14-11-39-23-20(22(32)30(23)21(14)25(35)36)28-19(31)12-38-18-8-15(26)2-3-17(18)27/h2-8,20,23H,1,9-12H2,(H2-,28,31,33,34,35,36)/p+1/t20-,23?/m1/s1. The van der Waals surface area contributed by atoms with Crippen molar-refractivity contribution in [3.05, 3.63) is 76.2 Å². The average molecular weight is 628 g/mol. The monoisotopic (exact) mass is 626 g/mol. The lowest BCUT2D eigenvalue weighted by Gasteiger charge is -2.49. The van der Waals surface area contributed by atoms with Crippen LogP contribution in [0.15, 0.2) is 75.9 Å². The minimum absolute atomic E-state index is 0.0201. The maximum Gasteiger partial charge on any atom is 0.352 e. The van der Waals surface area contributed by atoms with Crippen molar-refractivity contribution >= 4 is 82.2 Å². The van der Waals surface area contributed by atoms with Crippen LogP contribution < -0.4 is 9.88 Å². The van der Waals surface area contributed by atoms with E-state index < -0.39 is 29.3 Å². The highest BCUT2D eigenvalue weighted by Gasteiger charge is 2.54. The van der Waals surface area contributed by atoms with E-state index in [9.17, 15) is 24.3 Å². The SMILES string of the molecule is C=C(C[n+]1ccc(SCC2=C(C(=O)O)N3C(=O)[C@@H](NC(=O)CSc4cc(Cl)ccc4Cl)C3SC2)cc1)C(=O)O. The zero-order valence-corrected chi connectivity index (χ0v) is 24.1. The van der Waals surface area contributed by atoms with Crippen LogP contribution in [0.4, 0.5) is 0 Å². The quantitative estimate of drug-likeness (QED) is 0.148. The van der Waals surface area contributed by atoms with E-state index in [-0.39, 0.29) is 29.5 Å². The second-order valence-corrected chi connectivity index (χ2v) is 12.5. The molecule has 1 unspecified atom stereocenters. The lowest BCUT2D eigenvalue weighted by Crippen LogP contribution is -2.70. The first kappa shape index (κ1) is 29.3. The number of amides is 2. The van der Waals surface area contributed by atoms with E-state index in [1.54, 1.807) is 47.3 Å². The van der Waals surface area contributed by atoms with Gasteiger partial charge in [-0.1, -0.05) is 29.8 Å². The van der Waals surface area contributed by atoms with Gasteiger partial charge in [-0.15, -0.1) is 35.3 Å². The van der Waals surface area contributed by atoms with Crippen molar-refractivity contribution in [1.29, 1.82) is 0 Å². The maximum atomic E-state index is 12.9. The van der Waals surface area contributed by atoms with Crippen LogP contribution in [0.1, 0.15) is 0 Å². The van der Waals surface area contributed by atoms with Crippen molar-refractivity contribution in [2.24, 2.45) is 0 Å². The van der Waals surface area contributed by atoms with Crippen LogP contribution in [-0.4, -0.2) is 67.5 Å². The fourth-order valence-corrected chi connectivity index (χ4v) is 7.52. The Kier molecular flexibility index (Phi) is 9.55. The molecule has 3 N–H and O–H groups in total. The summed E-state index contributed by atoms with van der Waals surface area (Å²) in [5, 5.41) is 22.0. The summed E-state index contributed by atoms with van der Waals surface area (Å²) < 4.78 is 1.68. The van der Waals surface area contributed by atoms with Crippen molar-refractivity contribution in [3.63, 3.8) is 0 Å². The molecule has 204 valence electrons. The summed E-state index contributed by atoms with van der Waals surface area (Å²) >= 11 is 16.1.